The third kappa shape index (κ3) is 2.04. The van der Waals surface area contributed by atoms with Gasteiger partial charge < -0.3 is 15.3 Å². The van der Waals surface area contributed by atoms with Gasteiger partial charge in [-0.05, 0) is 49.8 Å². The summed E-state index contributed by atoms with van der Waals surface area (Å²) in [7, 11) is 0. The van der Waals surface area contributed by atoms with Crippen LogP contribution in [0, 0.1) is 28.6 Å². The fourth-order valence-corrected chi connectivity index (χ4v) is 7.05. The van der Waals surface area contributed by atoms with Crippen molar-refractivity contribution in [3.8, 4) is 0 Å². The summed E-state index contributed by atoms with van der Waals surface area (Å²) in [5, 5.41) is 33.1. The molecule has 0 aromatic carbocycles. The number of alkyl halides is 1. The minimum Gasteiger partial charge on any atom is -0.390 e. The second-order valence-corrected chi connectivity index (χ2v) is 9.79. The molecule has 3 unspecified atom stereocenters. The molecule has 0 saturated heterocycles. The standard InChI is InChI=1S/C22H27FO6/c1-10-7-13-16-18(28)17(27)14-8-12(25)5-6-19(14,3)21(16,23)15(26)9-20(13,4)22(10,29)11(2)24/h5-6,8,10,13,16-18,27-29H,7,9H2,1-4H3/t10?,13-,16+,17?,18?,19-,20-,21+,22-/m0/s1. The Morgan fingerprint density at radius 3 is 2.45 bits per heavy atom. The zero-order chi connectivity index (χ0) is 21.7. The number of Topliss-reactive ketones (excluding diaryl/α,β-unsaturated/α-hetero) is 2. The Bertz CT molecular complexity index is 894. The summed E-state index contributed by atoms with van der Waals surface area (Å²) in [5.74, 6) is -4.33. The minimum atomic E-state index is -2.57. The van der Waals surface area contributed by atoms with E-state index in [1.54, 1.807) is 13.8 Å². The largest absolute Gasteiger partial charge is 0.390 e. The van der Waals surface area contributed by atoms with Gasteiger partial charge in [0.2, 0.25) is 0 Å². The van der Waals surface area contributed by atoms with Crippen molar-refractivity contribution in [2.24, 2.45) is 28.6 Å². The molecule has 0 aliphatic heterocycles. The molecule has 29 heavy (non-hydrogen) atoms. The fourth-order valence-electron chi connectivity index (χ4n) is 7.05. The van der Waals surface area contributed by atoms with Gasteiger partial charge in [-0.25, -0.2) is 4.39 Å². The summed E-state index contributed by atoms with van der Waals surface area (Å²) in [6, 6.07) is 0. The topological polar surface area (TPSA) is 112 Å². The predicted octanol–water partition coefficient (Wildman–Crippen LogP) is 1.07. The molecule has 7 heteroatoms. The summed E-state index contributed by atoms with van der Waals surface area (Å²) in [4.78, 5) is 37.7. The van der Waals surface area contributed by atoms with Crippen LogP contribution in [-0.4, -0.2) is 56.1 Å². The quantitative estimate of drug-likeness (QED) is 0.601. The summed E-state index contributed by atoms with van der Waals surface area (Å²) in [6.45, 7) is 6.01. The van der Waals surface area contributed by atoms with E-state index in [0.29, 0.717) is 0 Å². The number of hydrogen-bond acceptors (Lipinski definition) is 6. The molecule has 0 bridgehead atoms. The van der Waals surface area contributed by atoms with Crippen LogP contribution >= 0.6 is 0 Å². The maximum absolute atomic E-state index is 16.9. The number of hydrogen-bond donors (Lipinski definition) is 3. The van der Waals surface area contributed by atoms with Gasteiger partial charge in [-0.2, -0.15) is 0 Å². The molecule has 4 aliphatic carbocycles. The van der Waals surface area contributed by atoms with Crippen molar-refractivity contribution < 1.29 is 34.1 Å². The van der Waals surface area contributed by atoms with Crippen molar-refractivity contribution in [2.75, 3.05) is 0 Å². The van der Waals surface area contributed by atoms with Gasteiger partial charge >= 0.3 is 0 Å². The van der Waals surface area contributed by atoms with Gasteiger partial charge in [0.25, 0.3) is 0 Å². The Balaban J connectivity index is 1.95. The van der Waals surface area contributed by atoms with Crippen molar-refractivity contribution in [1.82, 2.24) is 0 Å². The van der Waals surface area contributed by atoms with E-state index < -0.39 is 69.4 Å². The Hall–Kier alpha value is -1.70. The number of halogens is 1. The zero-order valence-electron chi connectivity index (χ0n) is 17.0. The van der Waals surface area contributed by atoms with E-state index in [1.165, 1.54) is 26.0 Å². The van der Waals surface area contributed by atoms with Gasteiger partial charge in [-0.1, -0.05) is 19.9 Å². The molecule has 9 atom stereocenters. The van der Waals surface area contributed by atoms with Crippen LogP contribution in [0.15, 0.2) is 23.8 Å². The molecule has 0 amide bonds. The molecule has 0 aromatic rings. The highest BCUT2D eigenvalue weighted by Gasteiger charge is 2.78. The van der Waals surface area contributed by atoms with Gasteiger partial charge in [0.15, 0.2) is 23.0 Å². The van der Waals surface area contributed by atoms with Crippen LogP contribution in [0.1, 0.15) is 40.5 Å². The number of allylic oxidation sites excluding steroid dienone is 3. The highest BCUT2D eigenvalue weighted by atomic mass is 19.1. The lowest BCUT2D eigenvalue weighted by atomic mass is 9.44. The maximum Gasteiger partial charge on any atom is 0.186 e. The number of carbonyl (C=O) groups excluding carboxylic acids is 3. The summed E-state index contributed by atoms with van der Waals surface area (Å²) in [5.41, 5.74) is -7.26. The van der Waals surface area contributed by atoms with Gasteiger partial charge in [-0.15, -0.1) is 0 Å². The highest BCUT2D eigenvalue weighted by Crippen LogP contribution is 2.69. The van der Waals surface area contributed by atoms with Crippen molar-refractivity contribution in [3.63, 3.8) is 0 Å². The lowest BCUT2D eigenvalue weighted by molar-refractivity contribution is -0.209. The number of aliphatic hydroxyl groups is 3. The number of fused-ring (bicyclic) bond motifs is 5. The SMILES string of the molecule is CC(=O)[C@@]1(O)C(C)C[C@H]2[C@@H]3C(O)C(O)C4=CC(=O)C=C[C@]4(C)[C@@]3(F)C(=O)C[C@@]21C. The molecule has 0 heterocycles. The molecule has 0 spiro atoms. The number of carbonyl (C=O) groups is 3. The van der Waals surface area contributed by atoms with Crippen molar-refractivity contribution in [1.29, 1.82) is 0 Å². The van der Waals surface area contributed by atoms with Crippen LogP contribution in [0.2, 0.25) is 0 Å². The van der Waals surface area contributed by atoms with Gasteiger partial charge in [-0.3, -0.25) is 14.4 Å². The molecular formula is C22H27FO6. The van der Waals surface area contributed by atoms with E-state index in [2.05, 4.69) is 0 Å². The van der Waals surface area contributed by atoms with Crippen molar-refractivity contribution in [3.05, 3.63) is 23.8 Å². The molecule has 6 nitrogen and oxygen atoms in total. The average Bonchev–Trinajstić information content (AvgIpc) is 2.84. The van der Waals surface area contributed by atoms with Crippen LogP contribution in [0.4, 0.5) is 4.39 Å². The third-order valence-electron chi connectivity index (χ3n) is 8.62. The monoisotopic (exact) mass is 406 g/mol. The van der Waals surface area contributed by atoms with Crippen molar-refractivity contribution in [2.45, 2.75) is 64.0 Å². The van der Waals surface area contributed by atoms with Crippen LogP contribution in [0.5, 0.6) is 0 Å². The summed E-state index contributed by atoms with van der Waals surface area (Å²) >= 11 is 0. The molecule has 158 valence electrons. The first kappa shape index (κ1) is 20.6. The van der Waals surface area contributed by atoms with Crippen LogP contribution in [0.3, 0.4) is 0 Å². The smallest absolute Gasteiger partial charge is 0.186 e. The van der Waals surface area contributed by atoms with E-state index in [4.69, 9.17) is 0 Å². The average molecular weight is 406 g/mol. The second kappa shape index (κ2) is 5.71. The Morgan fingerprint density at radius 2 is 1.86 bits per heavy atom. The maximum atomic E-state index is 16.9. The van der Waals surface area contributed by atoms with Gasteiger partial charge in [0.1, 0.15) is 11.7 Å². The van der Waals surface area contributed by atoms with E-state index >= 15 is 4.39 Å². The predicted molar refractivity (Wildman–Crippen MR) is 100 cm³/mol. The molecule has 3 N–H and O–H groups in total. The van der Waals surface area contributed by atoms with Crippen LogP contribution < -0.4 is 0 Å². The van der Waals surface area contributed by atoms with E-state index in [0.717, 1.165) is 6.08 Å². The highest BCUT2D eigenvalue weighted by molar-refractivity contribution is 6.03. The lowest BCUT2D eigenvalue weighted by Crippen LogP contribution is -2.73. The Morgan fingerprint density at radius 1 is 1.24 bits per heavy atom. The first-order chi connectivity index (χ1) is 13.3. The Labute approximate surface area is 168 Å². The normalized spacial score (nSPS) is 53.8. The molecule has 3 saturated carbocycles. The molecule has 0 radical (unpaired) electrons. The van der Waals surface area contributed by atoms with Gasteiger partial charge in [0.05, 0.1) is 11.5 Å². The number of rotatable bonds is 1. The molecule has 0 aromatic heterocycles. The summed E-state index contributed by atoms with van der Waals surface area (Å²) < 4.78 is 16.9. The number of aliphatic hydroxyl groups excluding tert-OH is 2. The fraction of sp³-hybridized carbons (Fsp3) is 0.682. The summed E-state index contributed by atoms with van der Waals surface area (Å²) in [6.07, 6.45) is 0.277. The molecular weight excluding hydrogens is 379 g/mol. The first-order valence-corrected chi connectivity index (χ1v) is 10.0. The molecule has 3 fully saturated rings. The number of ketones is 3. The Kier molecular flexibility index (Phi) is 4.05. The van der Waals surface area contributed by atoms with E-state index in [9.17, 15) is 29.7 Å². The van der Waals surface area contributed by atoms with E-state index in [-0.39, 0.29) is 18.4 Å². The van der Waals surface area contributed by atoms with E-state index in [1.807, 2.05) is 0 Å². The van der Waals surface area contributed by atoms with Crippen molar-refractivity contribution >= 4 is 17.3 Å². The minimum absolute atomic E-state index is 0.0129. The van der Waals surface area contributed by atoms with Gasteiger partial charge in [0, 0.05) is 17.8 Å². The third-order valence-corrected chi connectivity index (χ3v) is 8.62. The molecule has 4 aliphatic rings. The first-order valence-electron chi connectivity index (χ1n) is 10.0. The van der Waals surface area contributed by atoms with Crippen LogP contribution in [-0.2, 0) is 14.4 Å². The van der Waals surface area contributed by atoms with Crippen LogP contribution in [0.25, 0.3) is 0 Å². The zero-order valence-corrected chi connectivity index (χ0v) is 17.0. The lowest BCUT2D eigenvalue weighted by Gasteiger charge is -2.61. The second-order valence-electron chi connectivity index (χ2n) is 9.79. The molecule has 4 rings (SSSR count).